The van der Waals surface area contributed by atoms with Gasteiger partial charge in [0.15, 0.2) is 11.7 Å². The quantitative estimate of drug-likeness (QED) is 0.732. The second kappa shape index (κ2) is 7.59. The molecule has 0 saturated carbocycles. The van der Waals surface area contributed by atoms with Crippen LogP contribution in [0, 0.1) is 0 Å². The lowest BCUT2D eigenvalue weighted by Crippen LogP contribution is -2.35. The summed E-state index contributed by atoms with van der Waals surface area (Å²) >= 11 is 11.9. The number of rotatable bonds is 4. The van der Waals surface area contributed by atoms with Crippen molar-refractivity contribution in [2.24, 2.45) is 0 Å². The van der Waals surface area contributed by atoms with Crippen LogP contribution in [0.4, 0.5) is 19.0 Å². The standard InChI is InChI=1S/C17H17Cl2F3N4O/c1-2-5-23-16(27)13-8-15-24-12(9-3-4-10(18)11(19)6-9)7-14(17(20,21)22)26(15)25-13/h3-4,6,8,12,14,24H,2,5,7H2,1H3,(H,23,27)/t12-,14-/m0/s1. The molecule has 2 N–H and O–H groups in total. The van der Waals surface area contributed by atoms with Crippen LogP contribution in [0.1, 0.15) is 47.9 Å². The van der Waals surface area contributed by atoms with Gasteiger partial charge in [0, 0.05) is 19.0 Å². The zero-order chi connectivity index (χ0) is 19.8. The van der Waals surface area contributed by atoms with Crippen LogP contribution >= 0.6 is 23.2 Å². The van der Waals surface area contributed by atoms with Crippen LogP contribution in [0.25, 0.3) is 0 Å². The minimum Gasteiger partial charge on any atom is -0.363 e. The van der Waals surface area contributed by atoms with Crippen molar-refractivity contribution in [3.05, 3.63) is 45.6 Å². The largest absolute Gasteiger partial charge is 0.410 e. The Hall–Kier alpha value is -1.93. The van der Waals surface area contributed by atoms with E-state index in [9.17, 15) is 18.0 Å². The maximum Gasteiger partial charge on any atom is 0.410 e. The predicted molar refractivity (Wildman–Crippen MR) is 97.4 cm³/mol. The smallest absolute Gasteiger partial charge is 0.363 e. The highest BCUT2D eigenvalue weighted by Gasteiger charge is 2.46. The SMILES string of the molecule is CCCNC(=O)c1cc2n(n1)[C@H](C(F)(F)F)C[C@@H](c1ccc(Cl)c(Cl)c1)N2. The number of nitrogens with one attached hydrogen (secondary N) is 2. The van der Waals surface area contributed by atoms with Gasteiger partial charge in [0.25, 0.3) is 5.91 Å². The van der Waals surface area contributed by atoms with Crippen molar-refractivity contribution >= 4 is 34.9 Å². The summed E-state index contributed by atoms with van der Waals surface area (Å²) < 4.78 is 41.7. The van der Waals surface area contributed by atoms with Crippen molar-refractivity contribution < 1.29 is 18.0 Å². The van der Waals surface area contributed by atoms with Crippen LogP contribution < -0.4 is 10.6 Å². The summed E-state index contributed by atoms with van der Waals surface area (Å²) in [4.78, 5) is 12.1. The Bertz CT molecular complexity index is 853. The van der Waals surface area contributed by atoms with E-state index in [-0.39, 0.29) is 23.0 Å². The molecule has 1 aliphatic heterocycles. The normalized spacial score (nSPS) is 19.3. The fourth-order valence-corrected chi connectivity index (χ4v) is 3.27. The molecule has 1 amide bonds. The summed E-state index contributed by atoms with van der Waals surface area (Å²) in [6.45, 7) is 2.30. The molecule has 1 aliphatic rings. The predicted octanol–water partition coefficient (Wildman–Crippen LogP) is 4.99. The van der Waals surface area contributed by atoms with E-state index >= 15 is 0 Å². The minimum absolute atomic E-state index is 0.0602. The Kier molecular flexibility index (Phi) is 5.58. The van der Waals surface area contributed by atoms with E-state index in [2.05, 4.69) is 15.7 Å². The van der Waals surface area contributed by atoms with Gasteiger partial charge in [-0.05, 0) is 24.1 Å². The van der Waals surface area contributed by atoms with Gasteiger partial charge in [-0.25, -0.2) is 4.68 Å². The van der Waals surface area contributed by atoms with Crippen LogP contribution in [0.15, 0.2) is 24.3 Å². The summed E-state index contributed by atoms with van der Waals surface area (Å²) in [7, 11) is 0. The van der Waals surface area contributed by atoms with Gasteiger partial charge in [-0.1, -0.05) is 36.2 Å². The molecule has 2 heterocycles. The first-order valence-electron chi connectivity index (χ1n) is 8.36. The van der Waals surface area contributed by atoms with E-state index in [0.29, 0.717) is 23.6 Å². The van der Waals surface area contributed by atoms with E-state index in [1.54, 1.807) is 12.1 Å². The van der Waals surface area contributed by atoms with Gasteiger partial charge in [0.1, 0.15) is 5.82 Å². The number of halogens is 5. The van der Waals surface area contributed by atoms with Crippen LogP contribution in [-0.2, 0) is 0 Å². The molecule has 0 saturated heterocycles. The average molecular weight is 421 g/mol. The van der Waals surface area contributed by atoms with E-state index in [0.717, 1.165) is 4.68 Å². The number of hydrogen-bond acceptors (Lipinski definition) is 3. The third kappa shape index (κ3) is 4.16. The molecule has 1 aromatic heterocycles. The maximum absolute atomic E-state index is 13.6. The molecule has 146 valence electrons. The monoisotopic (exact) mass is 420 g/mol. The molecule has 1 aromatic carbocycles. The van der Waals surface area contributed by atoms with Crippen LogP contribution in [0.3, 0.4) is 0 Å². The molecule has 0 bridgehead atoms. The molecule has 0 aliphatic carbocycles. The number of hydrogen-bond donors (Lipinski definition) is 2. The Labute approximate surface area is 163 Å². The van der Waals surface area contributed by atoms with E-state index < -0.39 is 24.2 Å². The van der Waals surface area contributed by atoms with Gasteiger partial charge in [0.2, 0.25) is 0 Å². The molecule has 0 unspecified atom stereocenters. The Morgan fingerprint density at radius 2 is 2.07 bits per heavy atom. The summed E-state index contributed by atoms with van der Waals surface area (Å²) in [6.07, 6.45) is -4.09. The summed E-state index contributed by atoms with van der Waals surface area (Å²) in [5.41, 5.74) is 0.512. The number of fused-ring (bicyclic) bond motifs is 1. The zero-order valence-corrected chi connectivity index (χ0v) is 15.8. The second-order valence-corrected chi connectivity index (χ2v) is 7.09. The van der Waals surface area contributed by atoms with E-state index in [1.807, 2.05) is 6.92 Å². The number of alkyl halides is 3. The van der Waals surface area contributed by atoms with Crippen molar-refractivity contribution in [3.8, 4) is 0 Å². The molecule has 3 rings (SSSR count). The Morgan fingerprint density at radius 3 is 2.70 bits per heavy atom. The lowest BCUT2D eigenvalue weighted by Gasteiger charge is -2.33. The molecule has 2 atom stereocenters. The molecular formula is C17H17Cl2F3N4O. The molecule has 5 nitrogen and oxygen atoms in total. The van der Waals surface area contributed by atoms with Crippen LogP contribution in [0.5, 0.6) is 0 Å². The van der Waals surface area contributed by atoms with Gasteiger partial charge < -0.3 is 10.6 Å². The number of nitrogens with zero attached hydrogens (tertiary/aromatic N) is 2. The summed E-state index contributed by atoms with van der Waals surface area (Å²) in [6, 6.07) is 3.52. The van der Waals surface area contributed by atoms with Gasteiger partial charge in [-0.15, -0.1) is 0 Å². The van der Waals surface area contributed by atoms with Crippen molar-refractivity contribution in [2.75, 3.05) is 11.9 Å². The maximum atomic E-state index is 13.6. The first-order valence-corrected chi connectivity index (χ1v) is 9.12. The summed E-state index contributed by atoms with van der Waals surface area (Å²) in [5, 5.41) is 10.1. The molecule has 27 heavy (non-hydrogen) atoms. The van der Waals surface area contributed by atoms with Crippen molar-refractivity contribution in [2.45, 2.75) is 38.0 Å². The van der Waals surface area contributed by atoms with Gasteiger partial charge in [-0.2, -0.15) is 18.3 Å². The van der Waals surface area contributed by atoms with Crippen molar-refractivity contribution in [3.63, 3.8) is 0 Å². The number of benzene rings is 1. The lowest BCUT2D eigenvalue weighted by molar-refractivity contribution is -0.173. The molecule has 2 aromatic rings. The lowest BCUT2D eigenvalue weighted by atomic mass is 9.97. The molecule has 0 spiro atoms. The first-order chi connectivity index (χ1) is 12.7. The second-order valence-electron chi connectivity index (χ2n) is 6.28. The number of anilines is 1. The van der Waals surface area contributed by atoms with E-state index in [1.165, 1.54) is 12.1 Å². The van der Waals surface area contributed by atoms with Crippen molar-refractivity contribution in [1.29, 1.82) is 0 Å². The van der Waals surface area contributed by atoms with Crippen LogP contribution in [-0.4, -0.2) is 28.4 Å². The van der Waals surface area contributed by atoms with Gasteiger partial charge >= 0.3 is 6.18 Å². The molecule has 10 heteroatoms. The number of amides is 1. The number of carbonyl (C=O) groups is 1. The Balaban J connectivity index is 1.95. The van der Waals surface area contributed by atoms with Crippen molar-refractivity contribution in [1.82, 2.24) is 15.1 Å². The zero-order valence-electron chi connectivity index (χ0n) is 14.3. The third-order valence-electron chi connectivity index (χ3n) is 4.30. The van der Waals surface area contributed by atoms with Crippen LogP contribution in [0.2, 0.25) is 10.0 Å². The highest BCUT2D eigenvalue weighted by atomic mass is 35.5. The number of carbonyl (C=O) groups excluding carboxylic acids is 1. The Morgan fingerprint density at radius 1 is 1.33 bits per heavy atom. The van der Waals surface area contributed by atoms with E-state index in [4.69, 9.17) is 23.2 Å². The highest BCUT2D eigenvalue weighted by molar-refractivity contribution is 6.42. The topological polar surface area (TPSA) is 59.0 Å². The fraction of sp³-hybridized carbons (Fsp3) is 0.412. The molecule has 0 fully saturated rings. The minimum atomic E-state index is -4.52. The average Bonchev–Trinajstić information content (AvgIpc) is 3.04. The third-order valence-corrected chi connectivity index (χ3v) is 5.04. The first kappa shape index (κ1) is 19.8. The summed E-state index contributed by atoms with van der Waals surface area (Å²) in [5.74, 6) is -0.381. The van der Waals surface area contributed by atoms with Gasteiger partial charge in [0.05, 0.1) is 16.1 Å². The highest BCUT2D eigenvalue weighted by Crippen LogP contribution is 2.44. The molecule has 0 radical (unpaired) electrons. The fourth-order valence-electron chi connectivity index (χ4n) is 2.96. The number of aromatic nitrogens is 2. The molecular weight excluding hydrogens is 404 g/mol. The van der Waals surface area contributed by atoms with Gasteiger partial charge in [-0.3, -0.25) is 4.79 Å².